The van der Waals surface area contributed by atoms with Crippen molar-refractivity contribution in [1.29, 1.82) is 0 Å². The monoisotopic (exact) mass is 362 g/mol. The van der Waals surface area contributed by atoms with Crippen molar-refractivity contribution < 1.29 is 17.3 Å². The third kappa shape index (κ3) is 3.58. The second kappa shape index (κ2) is 6.94. The molecule has 4 nitrogen and oxygen atoms in total. The van der Waals surface area contributed by atoms with Gasteiger partial charge in [0.25, 0.3) is 0 Å². The predicted octanol–water partition coefficient (Wildman–Crippen LogP) is 3.18. The molecule has 0 radical (unpaired) electrons. The van der Waals surface area contributed by atoms with Gasteiger partial charge in [-0.05, 0) is 37.5 Å². The molecule has 1 aliphatic rings. The molecule has 0 spiro atoms. The van der Waals surface area contributed by atoms with Crippen molar-refractivity contribution in [2.24, 2.45) is 0 Å². The number of ether oxygens (including phenoxy) is 2. The van der Waals surface area contributed by atoms with Gasteiger partial charge >= 0.3 is 0 Å². The molecule has 0 unspecified atom stereocenters. The Morgan fingerprint density at radius 1 is 1.28 bits per heavy atom. The van der Waals surface area contributed by atoms with E-state index in [-0.39, 0.29) is 6.10 Å². The van der Waals surface area contributed by atoms with E-state index in [1.54, 1.807) is 18.2 Å². The normalized spacial score (nSPS) is 14.9. The number of carbonyl (C=O) groups excluding carboxylic acids is 1. The summed E-state index contributed by atoms with van der Waals surface area (Å²) >= 11 is 1.82. The van der Waals surface area contributed by atoms with Gasteiger partial charge in [0, 0.05) is 5.56 Å². The highest BCUT2D eigenvalue weighted by Gasteiger charge is 2.20. The van der Waals surface area contributed by atoms with Gasteiger partial charge in [0.05, 0.1) is 12.7 Å². The van der Waals surface area contributed by atoms with Crippen molar-refractivity contribution in [3.63, 3.8) is 0 Å². The zero-order chi connectivity index (χ0) is 12.8. The Balaban J connectivity index is 2.06. The summed E-state index contributed by atoms with van der Waals surface area (Å²) in [5.41, 5.74) is 0.585. The summed E-state index contributed by atoms with van der Waals surface area (Å²) in [6.45, 7) is 0.932. The number of halogens is 1. The van der Waals surface area contributed by atoms with Crippen molar-refractivity contribution in [2.45, 2.75) is 25.4 Å². The van der Waals surface area contributed by atoms with E-state index in [0.717, 1.165) is 19.1 Å². The van der Waals surface area contributed by atoms with Gasteiger partial charge in [-0.3, -0.25) is 4.79 Å². The summed E-state index contributed by atoms with van der Waals surface area (Å²) in [5.74, 6) is 1.32. The number of hydrogen-bond acceptors (Lipinski definition) is 4. The highest BCUT2D eigenvalue weighted by atomic mass is 127. The molecule has 1 saturated carbocycles. The first-order valence-electron chi connectivity index (χ1n) is 5.95. The lowest BCUT2D eigenvalue weighted by Gasteiger charge is -2.27. The Hall–Kier alpha value is -0.820. The van der Waals surface area contributed by atoms with Gasteiger partial charge in [-0.1, -0.05) is 0 Å². The topological polar surface area (TPSA) is 44.8 Å². The van der Waals surface area contributed by atoms with Crippen LogP contribution in [0.5, 0.6) is 11.5 Å². The molecule has 98 valence electrons. The first-order chi connectivity index (χ1) is 8.83. The highest BCUT2D eigenvalue weighted by Crippen LogP contribution is 2.33. The quantitative estimate of drug-likeness (QED) is 0.425. The average molecular weight is 362 g/mol. The maximum Gasteiger partial charge on any atom is 0.162 e. The molecule has 0 amide bonds. The van der Waals surface area contributed by atoms with Gasteiger partial charge in [-0.25, -0.2) is 0 Å². The van der Waals surface area contributed by atoms with Crippen LogP contribution in [0.1, 0.15) is 29.6 Å². The van der Waals surface area contributed by atoms with Crippen LogP contribution in [-0.4, -0.2) is 25.6 Å². The fourth-order valence-corrected chi connectivity index (χ4v) is 1.84. The molecule has 2 rings (SSSR count). The van der Waals surface area contributed by atoms with Crippen LogP contribution < -0.4 is 9.47 Å². The van der Waals surface area contributed by atoms with E-state index in [9.17, 15) is 4.79 Å². The molecule has 0 aromatic heterocycles. The summed E-state index contributed by atoms with van der Waals surface area (Å²) in [4.78, 5) is 10.8. The average Bonchev–Trinajstić information content (AvgIpc) is 2.35. The van der Waals surface area contributed by atoms with Crippen LogP contribution in [0.2, 0.25) is 0 Å². The summed E-state index contributed by atoms with van der Waals surface area (Å²) in [6.07, 6.45) is 4.48. The van der Waals surface area contributed by atoms with Gasteiger partial charge in [-0.15, -0.1) is 0 Å². The molecule has 0 N–H and O–H groups in total. The molecule has 1 aromatic carbocycles. The first kappa shape index (κ1) is 13.6. The Kier molecular flexibility index (Phi) is 5.25. The Bertz CT molecular complexity index is 404. The molecule has 1 aromatic rings. The van der Waals surface area contributed by atoms with Gasteiger partial charge in [0.15, 0.2) is 11.5 Å². The van der Waals surface area contributed by atoms with Crippen LogP contribution in [0.25, 0.3) is 0 Å². The molecular weight excluding hydrogens is 347 g/mol. The zero-order valence-corrected chi connectivity index (χ0v) is 12.1. The summed E-state index contributed by atoms with van der Waals surface area (Å²) in [5, 5.41) is 0. The van der Waals surface area contributed by atoms with Crippen LogP contribution in [0.4, 0.5) is 0 Å². The molecule has 0 aliphatic heterocycles. The fraction of sp³-hybridized carbons (Fsp3) is 0.462. The van der Waals surface area contributed by atoms with Crippen LogP contribution in [0.15, 0.2) is 18.2 Å². The molecule has 0 heterocycles. The maximum absolute atomic E-state index is 10.8. The van der Waals surface area contributed by atoms with Crippen LogP contribution in [0.3, 0.4) is 0 Å². The molecular formula is C13H15IO4. The fourth-order valence-electron chi connectivity index (χ4n) is 1.66. The molecule has 1 fully saturated rings. The smallest absolute Gasteiger partial charge is 0.162 e. The lowest BCUT2D eigenvalue weighted by Crippen LogP contribution is -2.24. The van der Waals surface area contributed by atoms with Crippen molar-refractivity contribution in [1.82, 2.24) is 0 Å². The minimum absolute atomic E-state index is 0.287. The molecule has 0 bridgehead atoms. The maximum atomic E-state index is 10.8. The molecule has 0 saturated heterocycles. The molecule has 18 heavy (non-hydrogen) atoms. The number of aldehydes is 1. The Labute approximate surface area is 120 Å². The SMILES string of the molecule is O=Cc1ccc(OC2CCC2)c(OCCOI)c1. The second-order valence-corrected chi connectivity index (χ2v) is 4.78. The van der Waals surface area contributed by atoms with Crippen molar-refractivity contribution in [3.05, 3.63) is 23.8 Å². The van der Waals surface area contributed by atoms with E-state index >= 15 is 0 Å². The second-order valence-electron chi connectivity index (χ2n) is 4.16. The minimum Gasteiger partial charge on any atom is -0.487 e. The largest absolute Gasteiger partial charge is 0.487 e. The van der Waals surface area contributed by atoms with Crippen molar-refractivity contribution in [2.75, 3.05) is 13.2 Å². The third-order valence-corrected chi connectivity index (χ3v) is 3.31. The van der Waals surface area contributed by atoms with Crippen molar-refractivity contribution in [3.8, 4) is 11.5 Å². The van der Waals surface area contributed by atoms with E-state index < -0.39 is 0 Å². The van der Waals surface area contributed by atoms with Gasteiger partial charge in [-0.2, -0.15) is 0 Å². The minimum atomic E-state index is 0.287. The summed E-state index contributed by atoms with van der Waals surface area (Å²) in [7, 11) is 0. The standard InChI is InChI=1S/C13H15IO4/c14-17-7-6-16-13-8-10(9-15)4-5-12(13)18-11-2-1-3-11/h4-5,8-9,11H,1-3,6-7H2. The molecule has 0 atom stereocenters. The number of hydrogen-bond donors (Lipinski definition) is 0. The van der Waals surface area contributed by atoms with Crippen molar-refractivity contribution >= 4 is 29.3 Å². The Morgan fingerprint density at radius 3 is 2.72 bits per heavy atom. The van der Waals surface area contributed by atoms with E-state index in [0.29, 0.717) is 30.3 Å². The zero-order valence-electron chi connectivity index (χ0n) is 9.93. The third-order valence-electron chi connectivity index (χ3n) is 2.87. The molecule has 1 aliphatic carbocycles. The van der Waals surface area contributed by atoms with E-state index in [1.807, 2.05) is 23.0 Å². The lowest BCUT2D eigenvalue weighted by atomic mass is 9.96. The van der Waals surface area contributed by atoms with E-state index in [1.165, 1.54) is 6.42 Å². The predicted molar refractivity (Wildman–Crippen MR) is 75.6 cm³/mol. The van der Waals surface area contributed by atoms with Gasteiger partial charge in [0.2, 0.25) is 0 Å². The van der Waals surface area contributed by atoms with Gasteiger partial charge in [0.1, 0.15) is 35.9 Å². The number of carbonyl (C=O) groups is 1. The number of rotatable bonds is 7. The lowest BCUT2D eigenvalue weighted by molar-refractivity contribution is 0.111. The highest BCUT2D eigenvalue weighted by molar-refractivity contribution is 14.1. The van der Waals surface area contributed by atoms with Crippen LogP contribution in [0, 0.1) is 0 Å². The van der Waals surface area contributed by atoms with E-state index in [2.05, 4.69) is 0 Å². The summed E-state index contributed by atoms with van der Waals surface area (Å²) in [6, 6.07) is 5.24. The molecule has 5 heteroatoms. The van der Waals surface area contributed by atoms with Crippen LogP contribution in [-0.2, 0) is 3.07 Å². The number of benzene rings is 1. The van der Waals surface area contributed by atoms with Crippen LogP contribution >= 0.6 is 23.0 Å². The first-order valence-corrected chi connectivity index (χ1v) is 6.84. The van der Waals surface area contributed by atoms with Gasteiger partial charge < -0.3 is 12.5 Å². The Morgan fingerprint density at radius 2 is 2.11 bits per heavy atom. The summed E-state index contributed by atoms with van der Waals surface area (Å²) < 4.78 is 16.3. The van der Waals surface area contributed by atoms with E-state index in [4.69, 9.17) is 12.5 Å².